The Bertz CT molecular complexity index is 1210. The lowest BCUT2D eigenvalue weighted by Crippen LogP contribution is -2.30. The molecule has 0 aliphatic heterocycles. The van der Waals surface area contributed by atoms with Crippen molar-refractivity contribution in [3.05, 3.63) is 93.5 Å². The molecule has 0 heterocycles. The van der Waals surface area contributed by atoms with E-state index < -0.39 is 10.0 Å². The highest BCUT2D eigenvalue weighted by Gasteiger charge is 2.21. The van der Waals surface area contributed by atoms with Crippen molar-refractivity contribution in [2.24, 2.45) is 0 Å². The van der Waals surface area contributed by atoms with Crippen LogP contribution in [-0.2, 0) is 23.0 Å². The molecule has 6 nitrogen and oxygen atoms in total. The molecule has 34 heavy (non-hydrogen) atoms. The second kappa shape index (κ2) is 11.6. The fourth-order valence-corrected chi connectivity index (χ4v) is 4.65. The van der Waals surface area contributed by atoms with Gasteiger partial charge in [0.25, 0.3) is 5.91 Å². The van der Waals surface area contributed by atoms with Gasteiger partial charge in [-0.1, -0.05) is 48.3 Å². The summed E-state index contributed by atoms with van der Waals surface area (Å²) in [5, 5.41) is 3.55. The van der Waals surface area contributed by atoms with Crippen molar-refractivity contribution in [3.63, 3.8) is 0 Å². The number of nitrogens with zero attached hydrogens (tertiary/aromatic N) is 1. The first-order valence-corrected chi connectivity index (χ1v) is 13.3. The van der Waals surface area contributed by atoms with Gasteiger partial charge in [-0.25, -0.2) is 8.42 Å². The molecular weight excluding hydrogens is 495 g/mol. The first-order chi connectivity index (χ1) is 16.2. The maximum atomic E-state index is 12.5. The summed E-state index contributed by atoms with van der Waals surface area (Å²) >= 11 is 12.4. The lowest BCUT2D eigenvalue weighted by molar-refractivity contribution is 0.0947. The Morgan fingerprint density at radius 1 is 0.971 bits per heavy atom. The molecule has 9 heteroatoms. The number of carbonyl (C=O) groups excluding carboxylic acids is 1. The highest BCUT2D eigenvalue weighted by Crippen LogP contribution is 2.29. The van der Waals surface area contributed by atoms with Crippen LogP contribution in [0.25, 0.3) is 0 Å². The normalized spacial score (nSPS) is 11.2. The molecule has 3 aromatic carbocycles. The van der Waals surface area contributed by atoms with Gasteiger partial charge < -0.3 is 10.1 Å². The van der Waals surface area contributed by atoms with Crippen LogP contribution in [0.3, 0.4) is 0 Å². The zero-order valence-electron chi connectivity index (χ0n) is 18.9. The van der Waals surface area contributed by atoms with Crippen molar-refractivity contribution in [2.45, 2.75) is 19.9 Å². The molecule has 0 fully saturated rings. The zero-order valence-corrected chi connectivity index (χ0v) is 21.3. The van der Waals surface area contributed by atoms with E-state index in [9.17, 15) is 13.2 Å². The Morgan fingerprint density at radius 2 is 1.59 bits per heavy atom. The van der Waals surface area contributed by atoms with Crippen molar-refractivity contribution >= 4 is 44.8 Å². The van der Waals surface area contributed by atoms with E-state index in [4.69, 9.17) is 27.9 Å². The van der Waals surface area contributed by atoms with Crippen LogP contribution in [0.1, 0.15) is 28.4 Å². The summed E-state index contributed by atoms with van der Waals surface area (Å²) in [4.78, 5) is 12.5. The number of halogens is 2. The third-order valence-electron chi connectivity index (χ3n) is 5.17. The Balaban J connectivity index is 1.61. The maximum Gasteiger partial charge on any atom is 0.251 e. The summed E-state index contributed by atoms with van der Waals surface area (Å²) < 4.78 is 31.7. The minimum absolute atomic E-state index is 0.0283. The van der Waals surface area contributed by atoms with Gasteiger partial charge in [0, 0.05) is 21.2 Å². The number of carbonyl (C=O) groups is 1. The van der Waals surface area contributed by atoms with E-state index in [1.54, 1.807) is 42.5 Å². The van der Waals surface area contributed by atoms with E-state index in [1.807, 2.05) is 24.3 Å². The predicted molar refractivity (Wildman–Crippen MR) is 138 cm³/mol. The maximum absolute atomic E-state index is 12.5. The van der Waals surface area contributed by atoms with Gasteiger partial charge in [-0.15, -0.1) is 0 Å². The van der Waals surface area contributed by atoms with E-state index in [1.165, 1.54) is 9.87 Å². The molecule has 0 aliphatic carbocycles. The van der Waals surface area contributed by atoms with E-state index >= 15 is 0 Å². The summed E-state index contributed by atoms with van der Waals surface area (Å²) in [6, 6.07) is 19.1. The van der Waals surface area contributed by atoms with Crippen LogP contribution in [0.5, 0.6) is 5.75 Å². The third kappa shape index (κ3) is 6.88. The van der Waals surface area contributed by atoms with Gasteiger partial charge in [0.15, 0.2) is 0 Å². The van der Waals surface area contributed by atoms with Crippen molar-refractivity contribution in [2.75, 3.05) is 23.7 Å². The molecule has 1 amide bonds. The van der Waals surface area contributed by atoms with Gasteiger partial charge >= 0.3 is 0 Å². The summed E-state index contributed by atoms with van der Waals surface area (Å²) in [7, 11) is -3.63. The molecule has 3 rings (SSSR count). The first-order valence-electron chi connectivity index (χ1n) is 10.7. The lowest BCUT2D eigenvalue weighted by atomic mass is 10.1. The molecule has 3 aromatic rings. The number of nitrogens with one attached hydrogen (secondary N) is 1. The fourth-order valence-electron chi connectivity index (χ4n) is 3.26. The number of hydrogen-bond acceptors (Lipinski definition) is 4. The molecule has 0 aliphatic rings. The van der Waals surface area contributed by atoms with E-state index in [0.717, 1.165) is 18.4 Å². The highest BCUT2D eigenvalue weighted by molar-refractivity contribution is 7.92. The average Bonchev–Trinajstić information content (AvgIpc) is 2.81. The molecule has 1 N–H and O–H groups in total. The summed E-state index contributed by atoms with van der Waals surface area (Å²) in [6.45, 7) is 2.72. The standard InChI is InChI=1S/C25H26Cl2N2O4S/c1-3-18-7-13-21(14-8-18)33-16-15-28-25(30)19-9-11-20(12-10-19)29(34(2,31)32)17-22-23(26)5-4-6-24(22)27/h4-14H,3,15-17H2,1-2H3,(H,28,30). The molecule has 0 saturated carbocycles. The van der Waals surface area contributed by atoms with Crippen LogP contribution < -0.4 is 14.4 Å². The minimum Gasteiger partial charge on any atom is -0.492 e. The van der Waals surface area contributed by atoms with Gasteiger partial charge in [0.05, 0.1) is 25.0 Å². The molecule has 0 bridgehead atoms. The van der Waals surface area contributed by atoms with Crippen LogP contribution >= 0.6 is 23.2 Å². The van der Waals surface area contributed by atoms with Crippen LogP contribution in [0.15, 0.2) is 66.7 Å². The fraction of sp³-hybridized carbons (Fsp3) is 0.240. The Hall–Kier alpha value is -2.74. The third-order valence-corrected chi connectivity index (χ3v) is 7.02. The van der Waals surface area contributed by atoms with Crippen LogP contribution in [0.4, 0.5) is 5.69 Å². The first kappa shape index (κ1) is 25.9. The summed E-state index contributed by atoms with van der Waals surface area (Å²) in [5.74, 6) is 0.465. The molecular formula is C25H26Cl2N2O4S. The Labute approximate surface area is 210 Å². The average molecular weight is 521 g/mol. The molecule has 0 aromatic heterocycles. The second-order valence-electron chi connectivity index (χ2n) is 7.62. The summed E-state index contributed by atoms with van der Waals surface area (Å²) in [5.41, 5.74) is 2.53. The number of hydrogen-bond donors (Lipinski definition) is 1. The van der Waals surface area contributed by atoms with Gasteiger partial charge in [0.2, 0.25) is 10.0 Å². The van der Waals surface area contributed by atoms with E-state index in [-0.39, 0.29) is 12.5 Å². The molecule has 0 atom stereocenters. The summed E-state index contributed by atoms with van der Waals surface area (Å²) in [6.07, 6.45) is 2.07. The Morgan fingerprint density at radius 3 is 2.15 bits per heavy atom. The molecule has 180 valence electrons. The quantitative estimate of drug-likeness (QED) is 0.366. The molecule has 0 spiro atoms. The van der Waals surface area contributed by atoms with Crippen molar-refractivity contribution in [3.8, 4) is 5.75 Å². The van der Waals surface area contributed by atoms with Gasteiger partial charge in [0.1, 0.15) is 12.4 Å². The van der Waals surface area contributed by atoms with Crippen molar-refractivity contribution in [1.29, 1.82) is 0 Å². The topological polar surface area (TPSA) is 75.7 Å². The molecule has 0 unspecified atom stereocenters. The number of benzene rings is 3. The Kier molecular flexibility index (Phi) is 8.83. The smallest absolute Gasteiger partial charge is 0.251 e. The monoisotopic (exact) mass is 520 g/mol. The largest absolute Gasteiger partial charge is 0.492 e. The SMILES string of the molecule is CCc1ccc(OCCNC(=O)c2ccc(N(Cc3c(Cl)cccc3Cl)S(C)(=O)=O)cc2)cc1. The van der Waals surface area contributed by atoms with Crippen LogP contribution in [-0.4, -0.2) is 33.7 Å². The van der Waals surface area contributed by atoms with E-state index in [2.05, 4.69) is 12.2 Å². The zero-order chi connectivity index (χ0) is 24.7. The molecule has 0 saturated heterocycles. The second-order valence-corrected chi connectivity index (χ2v) is 10.3. The van der Waals surface area contributed by atoms with Gasteiger partial charge in [-0.3, -0.25) is 9.10 Å². The predicted octanol–water partition coefficient (Wildman–Crippen LogP) is 5.33. The lowest BCUT2D eigenvalue weighted by Gasteiger charge is -2.23. The number of rotatable bonds is 10. The van der Waals surface area contributed by atoms with E-state index in [0.29, 0.717) is 40.0 Å². The molecule has 0 radical (unpaired) electrons. The number of ether oxygens (including phenoxy) is 1. The minimum atomic E-state index is -3.63. The van der Waals surface area contributed by atoms with Crippen LogP contribution in [0, 0.1) is 0 Å². The van der Waals surface area contributed by atoms with Gasteiger partial charge in [-0.2, -0.15) is 0 Å². The number of amides is 1. The number of anilines is 1. The van der Waals surface area contributed by atoms with Crippen LogP contribution in [0.2, 0.25) is 10.0 Å². The van der Waals surface area contributed by atoms with Crippen molar-refractivity contribution in [1.82, 2.24) is 5.32 Å². The number of sulfonamides is 1. The van der Waals surface area contributed by atoms with Gasteiger partial charge in [-0.05, 0) is 60.5 Å². The van der Waals surface area contributed by atoms with Crippen molar-refractivity contribution < 1.29 is 17.9 Å². The number of aryl methyl sites for hydroxylation is 1. The highest BCUT2D eigenvalue weighted by atomic mass is 35.5.